The lowest BCUT2D eigenvalue weighted by Crippen LogP contribution is -2.32. The molecule has 4 N–H and O–H groups in total. The van der Waals surface area contributed by atoms with Crippen LogP contribution in [-0.4, -0.2) is 45.1 Å². The molecule has 34 heavy (non-hydrogen) atoms. The number of hydrogen-bond acceptors (Lipinski definition) is 7. The lowest BCUT2D eigenvalue weighted by molar-refractivity contribution is 0.351. The maximum absolute atomic E-state index is 6.10. The molecule has 0 aliphatic heterocycles. The summed E-state index contributed by atoms with van der Waals surface area (Å²) < 4.78 is 5.36. The van der Waals surface area contributed by atoms with Crippen molar-refractivity contribution in [3.05, 3.63) is 77.5 Å². The van der Waals surface area contributed by atoms with Crippen LogP contribution in [-0.2, 0) is 0 Å². The van der Waals surface area contributed by atoms with Gasteiger partial charge in [-0.1, -0.05) is 41.6 Å². The van der Waals surface area contributed by atoms with Gasteiger partial charge in [-0.2, -0.15) is 0 Å². The van der Waals surface area contributed by atoms with Crippen molar-refractivity contribution < 1.29 is 4.74 Å². The Bertz CT molecular complexity index is 1280. The van der Waals surface area contributed by atoms with Gasteiger partial charge in [0, 0.05) is 30.4 Å². The van der Waals surface area contributed by atoms with Crippen molar-refractivity contribution in [2.24, 2.45) is 0 Å². The summed E-state index contributed by atoms with van der Waals surface area (Å²) in [5.41, 5.74) is 11.6. The summed E-state index contributed by atoms with van der Waals surface area (Å²) in [7, 11) is 1.61. The highest BCUT2D eigenvalue weighted by atomic mass is 16.5. The molecule has 1 saturated carbocycles. The van der Waals surface area contributed by atoms with Crippen molar-refractivity contribution in [3.63, 3.8) is 0 Å². The van der Waals surface area contributed by atoms with Crippen LogP contribution >= 0.6 is 0 Å². The fourth-order valence-corrected chi connectivity index (χ4v) is 4.82. The lowest BCUT2D eigenvalue weighted by atomic mass is 9.82. The Hall–Kier alpha value is -3.78. The van der Waals surface area contributed by atoms with E-state index < -0.39 is 0 Å². The first-order valence-electron chi connectivity index (χ1n) is 11.7. The van der Waals surface area contributed by atoms with Gasteiger partial charge in [-0.15, -0.1) is 5.10 Å². The topological polar surface area (TPSA) is 115 Å². The predicted molar refractivity (Wildman–Crippen MR) is 133 cm³/mol. The second kappa shape index (κ2) is 10.0. The van der Waals surface area contributed by atoms with Crippen molar-refractivity contribution in [2.45, 2.75) is 37.6 Å². The first-order valence-corrected chi connectivity index (χ1v) is 11.7. The molecule has 1 fully saturated rings. The Kier molecular flexibility index (Phi) is 6.49. The maximum Gasteiger partial charge on any atom is 0.213 e. The van der Waals surface area contributed by atoms with Gasteiger partial charge in [0.1, 0.15) is 11.3 Å². The molecule has 1 aromatic carbocycles. The van der Waals surface area contributed by atoms with Crippen LogP contribution in [0.4, 0.5) is 5.82 Å². The van der Waals surface area contributed by atoms with Crippen LogP contribution in [0.2, 0.25) is 0 Å². The molecule has 4 aromatic rings. The number of methoxy groups -OCH3 is 1. The van der Waals surface area contributed by atoms with Gasteiger partial charge >= 0.3 is 0 Å². The van der Waals surface area contributed by atoms with Crippen LogP contribution in [0.1, 0.15) is 48.3 Å². The SMILES string of the molecule is COc1cc(/C(=C\CN[C@H]2CC[C@H](c3ccccc3)CC2)c2cc(N)nc3[nH]nnc23)ccn1. The van der Waals surface area contributed by atoms with Crippen LogP contribution in [0.5, 0.6) is 5.88 Å². The molecule has 0 unspecified atom stereocenters. The molecular formula is C26H29N7O. The third-order valence-electron chi connectivity index (χ3n) is 6.57. The molecule has 0 amide bonds. The maximum atomic E-state index is 6.10. The number of benzene rings is 1. The Labute approximate surface area is 198 Å². The highest BCUT2D eigenvalue weighted by molar-refractivity contribution is 5.93. The normalized spacial score (nSPS) is 18.8. The van der Waals surface area contributed by atoms with Crippen molar-refractivity contribution in [1.29, 1.82) is 0 Å². The fourth-order valence-electron chi connectivity index (χ4n) is 4.82. The zero-order valence-corrected chi connectivity index (χ0v) is 19.2. The molecule has 1 aliphatic carbocycles. The van der Waals surface area contributed by atoms with Crippen LogP contribution in [0, 0.1) is 0 Å². The zero-order valence-electron chi connectivity index (χ0n) is 19.2. The van der Waals surface area contributed by atoms with Crippen LogP contribution in [0.3, 0.4) is 0 Å². The minimum absolute atomic E-state index is 0.410. The number of ether oxygens (including phenoxy) is 1. The van der Waals surface area contributed by atoms with Gasteiger partial charge in [-0.05, 0) is 60.4 Å². The molecule has 5 rings (SSSR count). The number of aromatic amines is 1. The average Bonchev–Trinajstić information content (AvgIpc) is 3.36. The largest absolute Gasteiger partial charge is 0.481 e. The highest BCUT2D eigenvalue weighted by Gasteiger charge is 2.22. The zero-order chi connectivity index (χ0) is 23.3. The Morgan fingerprint density at radius 1 is 1.15 bits per heavy atom. The number of nitrogens with one attached hydrogen (secondary N) is 2. The van der Waals surface area contributed by atoms with E-state index in [-0.39, 0.29) is 0 Å². The van der Waals surface area contributed by atoms with Crippen molar-refractivity contribution in [2.75, 3.05) is 19.4 Å². The Morgan fingerprint density at radius 2 is 1.97 bits per heavy atom. The monoisotopic (exact) mass is 455 g/mol. The molecule has 0 spiro atoms. The molecule has 3 aromatic heterocycles. The lowest BCUT2D eigenvalue weighted by Gasteiger charge is -2.29. The number of fused-ring (bicyclic) bond motifs is 1. The number of nitrogens with two attached hydrogens (primary N) is 1. The van der Waals surface area contributed by atoms with E-state index in [1.807, 2.05) is 18.2 Å². The number of hydrogen-bond donors (Lipinski definition) is 3. The number of H-pyrrole nitrogens is 1. The van der Waals surface area contributed by atoms with E-state index in [1.54, 1.807) is 13.3 Å². The van der Waals surface area contributed by atoms with E-state index in [4.69, 9.17) is 10.5 Å². The van der Waals surface area contributed by atoms with Gasteiger partial charge in [-0.3, -0.25) is 0 Å². The standard InChI is InChI=1S/C26H29N7O/c1-34-24-15-19(11-13-29-24)21(22-16-23(27)30-26-25(22)31-33-32-26)12-14-28-20-9-7-18(8-10-20)17-5-3-2-4-6-17/h2-6,11-13,15-16,18,20,28H,7-10,14H2,1H3,(H3,27,30,31,32,33)/b21-12+/t18-,20-. The molecule has 1 aliphatic rings. The van der Waals surface area contributed by atoms with Crippen LogP contribution in [0.25, 0.3) is 16.7 Å². The van der Waals surface area contributed by atoms with Gasteiger partial charge < -0.3 is 15.8 Å². The van der Waals surface area contributed by atoms with E-state index in [0.29, 0.717) is 34.8 Å². The van der Waals surface area contributed by atoms with Crippen molar-refractivity contribution >= 4 is 22.6 Å². The second-order valence-electron chi connectivity index (χ2n) is 8.68. The molecule has 0 bridgehead atoms. The van der Waals surface area contributed by atoms with E-state index in [2.05, 4.69) is 67.1 Å². The molecule has 8 heteroatoms. The number of nitrogen functional groups attached to an aromatic ring is 1. The third-order valence-corrected chi connectivity index (χ3v) is 6.57. The Morgan fingerprint density at radius 3 is 2.76 bits per heavy atom. The number of rotatable bonds is 7. The summed E-state index contributed by atoms with van der Waals surface area (Å²) in [6.45, 7) is 0.724. The highest BCUT2D eigenvalue weighted by Crippen LogP contribution is 2.33. The van der Waals surface area contributed by atoms with Crippen LogP contribution in [0.15, 0.2) is 60.8 Å². The number of nitrogens with zero attached hydrogens (tertiary/aromatic N) is 4. The smallest absolute Gasteiger partial charge is 0.213 e. The first kappa shape index (κ1) is 22.0. The van der Waals surface area contributed by atoms with Crippen LogP contribution < -0.4 is 15.8 Å². The minimum Gasteiger partial charge on any atom is -0.481 e. The van der Waals surface area contributed by atoms with Gasteiger partial charge in [0.15, 0.2) is 5.65 Å². The van der Waals surface area contributed by atoms with E-state index in [9.17, 15) is 0 Å². The van der Waals surface area contributed by atoms with Crippen molar-refractivity contribution in [1.82, 2.24) is 30.7 Å². The first-order chi connectivity index (χ1) is 16.7. The molecular weight excluding hydrogens is 426 g/mol. The number of pyridine rings is 2. The molecule has 8 nitrogen and oxygen atoms in total. The third kappa shape index (κ3) is 4.77. The van der Waals surface area contributed by atoms with Gasteiger partial charge in [0.25, 0.3) is 0 Å². The molecule has 0 atom stereocenters. The molecule has 174 valence electrons. The average molecular weight is 456 g/mol. The molecule has 0 saturated heterocycles. The molecule has 0 radical (unpaired) electrons. The van der Waals surface area contributed by atoms with Gasteiger partial charge in [0.2, 0.25) is 5.88 Å². The molecule has 3 heterocycles. The summed E-state index contributed by atoms with van der Waals surface area (Å²) in [5.74, 6) is 1.62. The van der Waals surface area contributed by atoms with E-state index in [0.717, 1.165) is 23.2 Å². The van der Waals surface area contributed by atoms with E-state index >= 15 is 0 Å². The summed E-state index contributed by atoms with van der Waals surface area (Å²) in [4.78, 5) is 8.56. The van der Waals surface area contributed by atoms with Gasteiger partial charge in [-0.25, -0.2) is 15.1 Å². The number of anilines is 1. The Balaban J connectivity index is 1.36. The summed E-state index contributed by atoms with van der Waals surface area (Å²) >= 11 is 0. The second-order valence-corrected chi connectivity index (χ2v) is 8.68. The van der Waals surface area contributed by atoms with Crippen molar-refractivity contribution in [3.8, 4) is 5.88 Å². The summed E-state index contributed by atoms with van der Waals surface area (Å²) in [6.07, 6.45) is 8.68. The van der Waals surface area contributed by atoms with E-state index in [1.165, 1.54) is 31.2 Å². The van der Waals surface area contributed by atoms with Gasteiger partial charge in [0.05, 0.1) is 7.11 Å². The fraction of sp³-hybridized carbons (Fsp3) is 0.308. The minimum atomic E-state index is 0.410. The number of aromatic nitrogens is 5. The quantitative estimate of drug-likeness (QED) is 0.384. The summed E-state index contributed by atoms with van der Waals surface area (Å²) in [6, 6.07) is 17.1. The predicted octanol–water partition coefficient (Wildman–Crippen LogP) is 4.09. The summed E-state index contributed by atoms with van der Waals surface area (Å²) in [5, 5.41) is 14.7.